The lowest BCUT2D eigenvalue weighted by atomic mass is 10.1. The Morgan fingerprint density at radius 2 is 1.05 bits per heavy atom. The van der Waals surface area contributed by atoms with E-state index in [1.54, 1.807) is 30.4 Å². The van der Waals surface area contributed by atoms with E-state index in [1.165, 1.54) is 0 Å². The van der Waals surface area contributed by atoms with E-state index in [9.17, 15) is 0 Å². The minimum atomic E-state index is -3.59. The molecule has 3 heterocycles. The van der Waals surface area contributed by atoms with Crippen molar-refractivity contribution in [2.24, 2.45) is 0 Å². The second-order valence-corrected chi connectivity index (χ2v) is 11.1. The van der Waals surface area contributed by atoms with Crippen molar-refractivity contribution in [3.8, 4) is 22.5 Å². The van der Waals surface area contributed by atoms with Crippen LogP contribution in [0.15, 0.2) is 147 Å². The molecule has 0 unspecified atom stereocenters. The molecule has 3 aromatic heterocycles. The predicted molar refractivity (Wildman–Crippen MR) is 158 cm³/mol. The summed E-state index contributed by atoms with van der Waals surface area (Å²) in [5.41, 5.74) is 6.04. The fourth-order valence-electron chi connectivity index (χ4n) is 4.23. The summed E-state index contributed by atoms with van der Waals surface area (Å²) >= 11 is 0. The van der Waals surface area contributed by atoms with Gasteiger partial charge in [-0.05, 0) is 42.0 Å². The van der Waals surface area contributed by atoms with E-state index < -0.39 is 7.14 Å². The molecule has 2 aromatic carbocycles. The van der Waals surface area contributed by atoms with Gasteiger partial charge in [-0.1, -0.05) is 110 Å². The highest BCUT2D eigenvalue weighted by Gasteiger charge is 2.35. The zero-order chi connectivity index (χ0) is 26.4. The van der Waals surface area contributed by atoms with Crippen LogP contribution in [0, 0.1) is 0 Å². The van der Waals surface area contributed by atoms with E-state index in [-0.39, 0.29) is 0 Å². The van der Waals surface area contributed by atoms with Crippen LogP contribution in [-0.4, -0.2) is 15.0 Å². The average Bonchev–Trinajstić information content (AvgIpc) is 3.00. The van der Waals surface area contributed by atoms with Gasteiger partial charge in [0.25, 0.3) is 0 Å². The lowest BCUT2D eigenvalue weighted by molar-refractivity contribution is 0.591. The molecule has 0 aliphatic carbocycles. The number of allylic oxidation sites excluding steroid dienone is 4. The minimum Gasteiger partial charge on any atom is -0.304 e. The van der Waals surface area contributed by atoms with Crippen molar-refractivity contribution >= 4 is 29.0 Å². The lowest BCUT2D eigenvalue weighted by Crippen LogP contribution is -2.31. The predicted octanol–water partition coefficient (Wildman–Crippen LogP) is 6.60. The molecule has 5 rings (SSSR count). The van der Waals surface area contributed by atoms with E-state index in [0.29, 0.717) is 22.0 Å². The molecule has 5 heteroatoms. The number of benzene rings is 2. The Morgan fingerprint density at radius 3 is 1.53 bits per heavy atom. The third-order valence-corrected chi connectivity index (χ3v) is 8.81. The molecule has 0 fully saturated rings. The Balaban J connectivity index is 1.75. The van der Waals surface area contributed by atoms with Crippen molar-refractivity contribution in [3.63, 3.8) is 0 Å². The largest absolute Gasteiger partial charge is 0.304 e. The van der Waals surface area contributed by atoms with Gasteiger partial charge in [0.15, 0.2) is 0 Å². The van der Waals surface area contributed by atoms with Gasteiger partial charge in [0.2, 0.25) is 7.14 Å². The van der Waals surface area contributed by atoms with Gasteiger partial charge < -0.3 is 4.57 Å². The van der Waals surface area contributed by atoms with Crippen LogP contribution in [0.3, 0.4) is 0 Å². The molecule has 184 valence electrons. The first-order valence-electron chi connectivity index (χ1n) is 12.2. The van der Waals surface area contributed by atoms with Gasteiger partial charge in [-0.25, -0.2) is 15.0 Å². The fraction of sp³-hybridized carbons (Fsp3) is 0. The summed E-state index contributed by atoms with van der Waals surface area (Å²) in [4.78, 5) is 14.7. The maximum atomic E-state index is 15.4. The molecule has 0 saturated heterocycles. The normalized spacial score (nSPS) is 11.6. The molecule has 0 aliphatic heterocycles. The Kier molecular flexibility index (Phi) is 7.35. The quantitative estimate of drug-likeness (QED) is 0.174. The van der Waals surface area contributed by atoms with Crippen LogP contribution in [0.1, 0.15) is 5.69 Å². The first-order chi connectivity index (χ1) is 18.6. The summed E-state index contributed by atoms with van der Waals surface area (Å²) in [5, 5.41) is 0. The number of aromatic nitrogens is 3. The average molecular weight is 512 g/mol. The van der Waals surface area contributed by atoms with Crippen molar-refractivity contribution in [2.45, 2.75) is 0 Å². The van der Waals surface area contributed by atoms with Gasteiger partial charge >= 0.3 is 0 Å². The monoisotopic (exact) mass is 511 g/mol. The topological polar surface area (TPSA) is 55.7 Å². The van der Waals surface area contributed by atoms with Gasteiger partial charge in [0, 0.05) is 11.1 Å². The van der Waals surface area contributed by atoms with Crippen LogP contribution in [0.25, 0.3) is 28.1 Å². The molecule has 0 N–H and O–H groups in total. The summed E-state index contributed by atoms with van der Waals surface area (Å²) in [6, 6.07) is 36.4. The first kappa shape index (κ1) is 25.0. The number of nitrogens with zero attached hydrogens (tertiary/aromatic N) is 3. The fourth-order valence-corrected chi connectivity index (χ4v) is 6.57. The second kappa shape index (κ2) is 11.2. The van der Waals surface area contributed by atoms with Gasteiger partial charge in [0.05, 0.1) is 17.1 Å². The van der Waals surface area contributed by atoms with Crippen molar-refractivity contribution in [1.82, 2.24) is 15.0 Å². The van der Waals surface area contributed by atoms with Crippen LogP contribution in [0.4, 0.5) is 0 Å². The minimum absolute atomic E-state index is 0.405. The molecule has 0 saturated carbocycles. The van der Waals surface area contributed by atoms with Crippen molar-refractivity contribution in [2.75, 3.05) is 0 Å². The molecule has 4 nitrogen and oxygen atoms in total. The Labute approximate surface area is 223 Å². The summed E-state index contributed by atoms with van der Waals surface area (Å²) < 4.78 is 15.4. The molecular weight excluding hydrogens is 485 g/mol. The highest BCUT2D eigenvalue weighted by atomic mass is 31.2. The molecule has 0 spiro atoms. The SMILES string of the molecule is C=C/C=C(\C=C)c1cccc(P(=O)(c2cccc(-c3ccccc3)n2)c2cccc(-c3ccccc3)n2)n1. The lowest BCUT2D eigenvalue weighted by Gasteiger charge is -2.19. The zero-order valence-corrected chi connectivity index (χ0v) is 21.7. The third kappa shape index (κ3) is 4.95. The Hall–Kier alpha value is -4.66. The molecule has 0 aliphatic rings. The summed E-state index contributed by atoms with van der Waals surface area (Å²) in [6.45, 7) is 7.70. The number of rotatable bonds is 8. The van der Waals surface area contributed by atoms with Crippen molar-refractivity contribution in [1.29, 1.82) is 0 Å². The Bertz CT molecular complexity index is 1590. The molecule has 0 bridgehead atoms. The number of pyridine rings is 3. The third-order valence-electron chi connectivity index (χ3n) is 6.12. The molecule has 38 heavy (non-hydrogen) atoms. The van der Waals surface area contributed by atoms with Crippen LogP contribution >= 0.6 is 7.14 Å². The highest BCUT2D eigenvalue weighted by Crippen LogP contribution is 2.41. The number of hydrogen-bond donors (Lipinski definition) is 0. The van der Waals surface area contributed by atoms with Gasteiger partial charge in [-0.3, -0.25) is 0 Å². The van der Waals surface area contributed by atoms with Gasteiger partial charge in [-0.15, -0.1) is 0 Å². The maximum Gasteiger partial charge on any atom is 0.223 e. The van der Waals surface area contributed by atoms with Crippen LogP contribution in [0.5, 0.6) is 0 Å². The van der Waals surface area contributed by atoms with Crippen LogP contribution in [-0.2, 0) is 4.57 Å². The summed E-state index contributed by atoms with van der Waals surface area (Å²) in [6.07, 6.45) is 5.22. The standard InChI is InChI=1S/C33H26N3OP/c1-3-14-25(4-2)28-19-11-22-31(34-28)38(37,32-23-12-20-29(35-32)26-15-7-5-8-16-26)33-24-13-21-30(36-33)27-17-9-6-10-18-27/h3-24H,1-2H2/b25-14+. The zero-order valence-electron chi connectivity index (χ0n) is 20.8. The second-order valence-electron chi connectivity index (χ2n) is 8.55. The van der Waals surface area contributed by atoms with E-state index in [2.05, 4.69) is 13.2 Å². The smallest absolute Gasteiger partial charge is 0.223 e. The van der Waals surface area contributed by atoms with Gasteiger partial charge in [-0.2, -0.15) is 0 Å². The van der Waals surface area contributed by atoms with Crippen LogP contribution in [0.2, 0.25) is 0 Å². The van der Waals surface area contributed by atoms with Crippen molar-refractivity contribution in [3.05, 3.63) is 152 Å². The molecule has 0 atom stereocenters. The highest BCUT2D eigenvalue weighted by molar-refractivity contribution is 7.84. The molecular formula is C33H26N3OP. The van der Waals surface area contributed by atoms with Crippen LogP contribution < -0.4 is 16.3 Å². The molecule has 5 aromatic rings. The maximum absolute atomic E-state index is 15.4. The first-order valence-corrected chi connectivity index (χ1v) is 13.9. The number of hydrogen-bond acceptors (Lipinski definition) is 4. The molecule has 0 amide bonds. The summed E-state index contributed by atoms with van der Waals surface area (Å²) in [7, 11) is -3.59. The molecule has 0 radical (unpaired) electrons. The van der Waals surface area contributed by atoms with E-state index >= 15 is 4.57 Å². The van der Waals surface area contributed by atoms with E-state index in [1.807, 2.05) is 103 Å². The Morgan fingerprint density at radius 1 is 0.579 bits per heavy atom. The van der Waals surface area contributed by atoms with Gasteiger partial charge in [0.1, 0.15) is 16.3 Å². The summed E-state index contributed by atoms with van der Waals surface area (Å²) in [5.74, 6) is 0. The van der Waals surface area contributed by atoms with Crippen molar-refractivity contribution < 1.29 is 4.57 Å². The van der Waals surface area contributed by atoms with E-state index in [0.717, 1.165) is 28.1 Å². The van der Waals surface area contributed by atoms with E-state index in [4.69, 9.17) is 15.0 Å².